The minimum atomic E-state index is -0.946. The van der Waals surface area contributed by atoms with E-state index in [1.54, 1.807) is 18.2 Å². The molecular formula is C19H25N3O5. The molecule has 4 rings (SSSR count). The van der Waals surface area contributed by atoms with E-state index in [0.717, 1.165) is 32.8 Å². The molecule has 1 aliphatic carbocycles. The molecule has 0 spiro atoms. The zero-order valence-corrected chi connectivity index (χ0v) is 15.3. The Kier molecular flexibility index (Phi) is 5.18. The first-order chi connectivity index (χ1) is 13.2. The highest BCUT2D eigenvalue weighted by Crippen LogP contribution is 2.47. The molecule has 2 heterocycles. The summed E-state index contributed by atoms with van der Waals surface area (Å²) in [4.78, 5) is 27.5. The average Bonchev–Trinajstić information content (AvgIpc) is 3.51. The molecule has 8 nitrogen and oxygen atoms in total. The lowest BCUT2D eigenvalue weighted by atomic mass is 10.0. The molecule has 146 valence electrons. The van der Waals surface area contributed by atoms with Gasteiger partial charge in [0, 0.05) is 37.9 Å². The third-order valence-electron chi connectivity index (χ3n) is 5.24. The number of benzene rings is 1. The molecule has 0 atom stereocenters. The largest absolute Gasteiger partial charge is 0.486 e. The van der Waals surface area contributed by atoms with Crippen LogP contribution in [0, 0.1) is 5.41 Å². The highest BCUT2D eigenvalue weighted by molar-refractivity contribution is 6.13. The van der Waals surface area contributed by atoms with Gasteiger partial charge in [0.2, 0.25) is 11.8 Å². The standard InChI is InChI=1S/C19H25N3O5/c23-17(20-5-6-22-7-9-25-10-8-22)19(3-4-19)18(24)21-14-1-2-15-16(13-14)27-12-11-26-15/h1-2,13H,3-12H2,(H,20,23)(H,21,24). The van der Waals surface area contributed by atoms with Gasteiger partial charge in [-0.2, -0.15) is 0 Å². The third kappa shape index (κ3) is 4.01. The van der Waals surface area contributed by atoms with E-state index in [1.807, 2.05) is 0 Å². The van der Waals surface area contributed by atoms with Gasteiger partial charge < -0.3 is 24.8 Å². The highest BCUT2D eigenvalue weighted by Gasteiger charge is 2.56. The number of hydrogen-bond donors (Lipinski definition) is 2. The molecule has 2 N–H and O–H groups in total. The van der Waals surface area contributed by atoms with Gasteiger partial charge in [-0.05, 0) is 25.0 Å². The normalized spacial score (nSPS) is 20.6. The topological polar surface area (TPSA) is 89.1 Å². The molecule has 2 amide bonds. The van der Waals surface area contributed by atoms with Crippen LogP contribution >= 0.6 is 0 Å². The van der Waals surface area contributed by atoms with Gasteiger partial charge in [0.15, 0.2) is 11.5 Å². The number of carbonyl (C=O) groups is 2. The molecule has 2 aliphatic heterocycles. The van der Waals surface area contributed by atoms with E-state index in [0.29, 0.717) is 49.8 Å². The van der Waals surface area contributed by atoms with Crippen molar-refractivity contribution in [3.05, 3.63) is 18.2 Å². The maximum atomic E-state index is 12.7. The summed E-state index contributed by atoms with van der Waals surface area (Å²) in [5, 5.41) is 5.78. The number of carbonyl (C=O) groups excluding carboxylic acids is 2. The smallest absolute Gasteiger partial charge is 0.240 e. The fraction of sp³-hybridized carbons (Fsp3) is 0.579. The van der Waals surface area contributed by atoms with E-state index in [-0.39, 0.29) is 11.8 Å². The van der Waals surface area contributed by atoms with Crippen molar-refractivity contribution in [1.82, 2.24) is 10.2 Å². The summed E-state index contributed by atoms with van der Waals surface area (Å²) in [7, 11) is 0. The molecule has 1 aromatic rings. The first-order valence-corrected chi connectivity index (χ1v) is 9.47. The summed E-state index contributed by atoms with van der Waals surface area (Å²) < 4.78 is 16.3. The van der Waals surface area contributed by atoms with Crippen molar-refractivity contribution in [2.45, 2.75) is 12.8 Å². The van der Waals surface area contributed by atoms with Crippen LogP contribution in [0.5, 0.6) is 11.5 Å². The molecule has 27 heavy (non-hydrogen) atoms. The molecule has 0 aromatic heterocycles. The minimum Gasteiger partial charge on any atom is -0.486 e. The Morgan fingerprint density at radius 3 is 2.48 bits per heavy atom. The zero-order valence-electron chi connectivity index (χ0n) is 15.3. The quantitative estimate of drug-likeness (QED) is 0.709. The number of amides is 2. The fourth-order valence-corrected chi connectivity index (χ4v) is 3.38. The van der Waals surface area contributed by atoms with E-state index in [1.165, 1.54) is 0 Å². The van der Waals surface area contributed by atoms with Gasteiger partial charge in [-0.3, -0.25) is 14.5 Å². The van der Waals surface area contributed by atoms with Crippen molar-refractivity contribution in [2.75, 3.05) is 57.9 Å². The van der Waals surface area contributed by atoms with E-state index < -0.39 is 5.41 Å². The highest BCUT2D eigenvalue weighted by atomic mass is 16.6. The number of anilines is 1. The summed E-state index contributed by atoms with van der Waals surface area (Å²) in [5.74, 6) is 0.828. The summed E-state index contributed by atoms with van der Waals surface area (Å²) in [5.41, 5.74) is -0.338. The van der Waals surface area contributed by atoms with Crippen molar-refractivity contribution < 1.29 is 23.8 Å². The van der Waals surface area contributed by atoms with Gasteiger partial charge in [-0.15, -0.1) is 0 Å². The van der Waals surface area contributed by atoms with Gasteiger partial charge in [0.25, 0.3) is 0 Å². The van der Waals surface area contributed by atoms with Crippen LogP contribution in [0.3, 0.4) is 0 Å². The van der Waals surface area contributed by atoms with E-state index >= 15 is 0 Å². The Labute approximate surface area is 158 Å². The lowest BCUT2D eigenvalue weighted by molar-refractivity contribution is -0.134. The van der Waals surface area contributed by atoms with Gasteiger partial charge in [-0.1, -0.05) is 0 Å². The lowest BCUT2D eigenvalue weighted by Crippen LogP contribution is -2.45. The van der Waals surface area contributed by atoms with Crippen LogP contribution < -0.4 is 20.1 Å². The predicted octanol–water partition coefficient (Wildman–Crippen LogP) is 0.625. The fourth-order valence-electron chi connectivity index (χ4n) is 3.38. The van der Waals surface area contributed by atoms with Crippen molar-refractivity contribution >= 4 is 17.5 Å². The van der Waals surface area contributed by atoms with Gasteiger partial charge in [-0.25, -0.2) is 0 Å². The van der Waals surface area contributed by atoms with Crippen molar-refractivity contribution in [3.8, 4) is 11.5 Å². The lowest BCUT2D eigenvalue weighted by Gasteiger charge is -2.26. The molecule has 2 fully saturated rings. The second-order valence-electron chi connectivity index (χ2n) is 7.10. The van der Waals surface area contributed by atoms with Crippen molar-refractivity contribution in [2.24, 2.45) is 5.41 Å². The summed E-state index contributed by atoms with van der Waals surface area (Å²) in [6.45, 7) is 5.54. The Morgan fingerprint density at radius 2 is 1.74 bits per heavy atom. The monoisotopic (exact) mass is 375 g/mol. The molecule has 0 bridgehead atoms. The molecule has 0 unspecified atom stereocenters. The van der Waals surface area contributed by atoms with Gasteiger partial charge in [0.1, 0.15) is 18.6 Å². The summed E-state index contributed by atoms with van der Waals surface area (Å²) in [6, 6.07) is 5.27. The Bertz CT molecular complexity index is 713. The molecule has 1 aromatic carbocycles. The number of nitrogens with one attached hydrogen (secondary N) is 2. The number of morpholine rings is 1. The third-order valence-corrected chi connectivity index (χ3v) is 5.24. The van der Waals surface area contributed by atoms with E-state index in [2.05, 4.69) is 15.5 Å². The zero-order chi connectivity index (χ0) is 18.7. The number of hydrogen-bond acceptors (Lipinski definition) is 6. The number of nitrogens with zero attached hydrogens (tertiary/aromatic N) is 1. The Balaban J connectivity index is 1.30. The first kappa shape index (κ1) is 18.1. The number of fused-ring (bicyclic) bond motifs is 1. The number of ether oxygens (including phenoxy) is 3. The maximum Gasteiger partial charge on any atom is 0.240 e. The van der Waals surface area contributed by atoms with Gasteiger partial charge >= 0.3 is 0 Å². The SMILES string of the molecule is O=C(NCCN1CCOCC1)C1(C(=O)Nc2ccc3c(c2)OCCO3)CC1. The molecule has 3 aliphatic rings. The van der Waals surface area contributed by atoms with Gasteiger partial charge in [0.05, 0.1) is 13.2 Å². The predicted molar refractivity (Wildman–Crippen MR) is 98.0 cm³/mol. The average molecular weight is 375 g/mol. The molecule has 1 saturated heterocycles. The van der Waals surface area contributed by atoms with Crippen molar-refractivity contribution in [1.29, 1.82) is 0 Å². The van der Waals surface area contributed by atoms with Crippen LogP contribution in [0.4, 0.5) is 5.69 Å². The maximum absolute atomic E-state index is 12.7. The number of rotatable bonds is 6. The molecular weight excluding hydrogens is 350 g/mol. The molecule has 0 radical (unpaired) electrons. The van der Waals surface area contributed by atoms with Crippen LogP contribution in [-0.2, 0) is 14.3 Å². The second kappa shape index (κ2) is 7.74. The van der Waals surface area contributed by atoms with Crippen LogP contribution in [0.2, 0.25) is 0 Å². The van der Waals surface area contributed by atoms with Crippen molar-refractivity contribution in [3.63, 3.8) is 0 Å². The minimum absolute atomic E-state index is 0.189. The molecule has 1 saturated carbocycles. The van der Waals surface area contributed by atoms with Crippen LogP contribution in [-0.4, -0.2) is 69.3 Å². The molecule has 8 heteroatoms. The van der Waals surface area contributed by atoms with E-state index in [4.69, 9.17) is 14.2 Å². The Hall–Kier alpha value is -2.32. The second-order valence-corrected chi connectivity index (χ2v) is 7.10. The van der Waals surface area contributed by atoms with Crippen LogP contribution in [0.1, 0.15) is 12.8 Å². The summed E-state index contributed by atoms with van der Waals surface area (Å²) in [6.07, 6.45) is 1.15. The van der Waals surface area contributed by atoms with Crippen LogP contribution in [0.15, 0.2) is 18.2 Å². The summed E-state index contributed by atoms with van der Waals surface area (Å²) >= 11 is 0. The van der Waals surface area contributed by atoms with E-state index in [9.17, 15) is 9.59 Å². The first-order valence-electron chi connectivity index (χ1n) is 9.47. The van der Waals surface area contributed by atoms with Crippen LogP contribution in [0.25, 0.3) is 0 Å². The Morgan fingerprint density at radius 1 is 1.00 bits per heavy atom.